The number of ether oxygens (including phenoxy) is 2. The Morgan fingerprint density at radius 2 is 1.88 bits per heavy atom. The van der Waals surface area contributed by atoms with Crippen molar-refractivity contribution >= 4 is 35.4 Å². The Bertz CT molecular complexity index is 1210. The van der Waals surface area contributed by atoms with Crippen LogP contribution in [0.3, 0.4) is 0 Å². The molecule has 1 aliphatic rings. The molecule has 0 saturated carbocycles. The largest absolute Gasteiger partial charge is 0.497 e. The number of methoxy groups -OCH3 is 1. The maximum absolute atomic E-state index is 12.9. The van der Waals surface area contributed by atoms with Crippen molar-refractivity contribution in [2.45, 2.75) is 18.1 Å². The third-order valence-corrected chi connectivity index (χ3v) is 6.15. The average molecular weight is 500 g/mol. The maximum atomic E-state index is 12.9. The second kappa shape index (κ2) is 10.6. The van der Waals surface area contributed by atoms with Crippen LogP contribution in [0.1, 0.15) is 18.5 Å². The number of rotatable bonds is 8. The number of H-pyrrole nitrogens is 1. The van der Waals surface area contributed by atoms with Gasteiger partial charge in [0.05, 0.1) is 25.3 Å². The molecule has 34 heavy (non-hydrogen) atoms. The van der Waals surface area contributed by atoms with Crippen LogP contribution in [-0.2, 0) is 9.53 Å². The molecule has 1 aromatic heterocycles. The third kappa shape index (κ3) is 5.35. The van der Waals surface area contributed by atoms with Crippen LogP contribution in [0.5, 0.6) is 5.75 Å². The fourth-order valence-electron chi connectivity index (χ4n) is 3.41. The van der Waals surface area contributed by atoms with E-state index in [4.69, 9.17) is 21.1 Å². The summed E-state index contributed by atoms with van der Waals surface area (Å²) in [7, 11) is 1.61. The van der Waals surface area contributed by atoms with Crippen LogP contribution in [0.2, 0.25) is 5.02 Å². The molecule has 2 amide bonds. The zero-order valence-corrected chi connectivity index (χ0v) is 20.0. The lowest BCUT2D eigenvalue weighted by Gasteiger charge is -2.29. The predicted molar refractivity (Wildman–Crippen MR) is 129 cm³/mol. The number of hydrogen-bond acceptors (Lipinski definition) is 7. The monoisotopic (exact) mass is 499 g/mol. The van der Waals surface area contributed by atoms with Crippen LogP contribution >= 0.6 is 23.4 Å². The lowest BCUT2D eigenvalue weighted by molar-refractivity contribution is -0.139. The van der Waals surface area contributed by atoms with Gasteiger partial charge in [-0.25, -0.2) is 14.6 Å². The van der Waals surface area contributed by atoms with Crippen molar-refractivity contribution in [3.05, 3.63) is 70.4 Å². The smallest absolute Gasteiger partial charge is 0.338 e. The summed E-state index contributed by atoms with van der Waals surface area (Å²) < 4.78 is 10.5. The van der Waals surface area contributed by atoms with Gasteiger partial charge >= 0.3 is 12.0 Å². The standard InChI is InChI=1S/C23H22ClN5O4S/c1-3-33-21(30)18-17(25-22(31)26-19(18)13-4-8-15(24)9-5-13)12-34-23-27-20(28-29-23)14-6-10-16(32-2)11-7-14/h4-11,19H,3,12H2,1-2H3,(H2,25,26,31)(H,27,28,29). The fourth-order valence-corrected chi connectivity index (χ4v) is 4.31. The topological polar surface area (TPSA) is 118 Å². The summed E-state index contributed by atoms with van der Waals surface area (Å²) in [6.45, 7) is 1.93. The molecule has 0 bridgehead atoms. The molecule has 176 valence electrons. The summed E-state index contributed by atoms with van der Waals surface area (Å²) in [5.41, 5.74) is 2.32. The Balaban J connectivity index is 1.59. The molecule has 0 radical (unpaired) electrons. The van der Waals surface area contributed by atoms with E-state index in [1.807, 2.05) is 24.3 Å². The highest BCUT2D eigenvalue weighted by molar-refractivity contribution is 7.99. The van der Waals surface area contributed by atoms with E-state index in [1.54, 1.807) is 38.3 Å². The van der Waals surface area contributed by atoms with Gasteiger partial charge in [0.25, 0.3) is 0 Å². The lowest BCUT2D eigenvalue weighted by atomic mass is 9.95. The van der Waals surface area contributed by atoms with Crippen molar-refractivity contribution in [2.24, 2.45) is 0 Å². The van der Waals surface area contributed by atoms with Crippen molar-refractivity contribution in [1.82, 2.24) is 25.8 Å². The van der Waals surface area contributed by atoms with Gasteiger partial charge in [-0.05, 0) is 48.9 Å². The highest BCUT2D eigenvalue weighted by Gasteiger charge is 2.33. The number of aromatic amines is 1. The van der Waals surface area contributed by atoms with E-state index in [1.165, 1.54) is 11.8 Å². The molecule has 2 aromatic carbocycles. The number of esters is 1. The maximum Gasteiger partial charge on any atom is 0.338 e. The minimum absolute atomic E-state index is 0.205. The summed E-state index contributed by atoms with van der Waals surface area (Å²) in [5.74, 6) is 1.08. The minimum Gasteiger partial charge on any atom is -0.497 e. The first-order valence-electron chi connectivity index (χ1n) is 10.4. The Morgan fingerprint density at radius 1 is 1.15 bits per heavy atom. The van der Waals surface area contributed by atoms with Gasteiger partial charge in [-0.1, -0.05) is 35.5 Å². The van der Waals surface area contributed by atoms with Crippen LogP contribution in [0.25, 0.3) is 11.4 Å². The second-order valence-corrected chi connectivity index (χ2v) is 8.56. The molecule has 3 N–H and O–H groups in total. The normalized spacial score (nSPS) is 15.5. The number of amides is 2. The predicted octanol–water partition coefficient (Wildman–Crippen LogP) is 4.10. The van der Waals surface area contributed by atoms with Gasteiger partial charge in [0, 0.05) is 22.0 Å². The van der Waals surface area contributed by atoms with Crippen LogP contribution in [0, 0.1) is 0 Å². The number of carbonyl (C=O) groups excluding carboxylic acids is 2. The molecule has 1 unspecified atom stereocenters. The van der Waals surface area contributed by atoms with Crippen molar-refractivity contribution in [1.29, 1.82) is 0 Å². The summed E-state index contributed by atoms with van der Waals surface area (Å²) >= 11 is 7.29. The number of halogens is 1. The highest BCUT2D eigenvalue weighted by Crippen LogP contribution is 2.31. The molecule has 1 atom stereocenters. The zero-order valence-electron chi connectivity index (χ0n) is 18.4. The van der Waals surface area contributed by atoms with E-state index in [9.17, 15) is 9.59 Å². The third-order valence-electron chi connectivity index (χ3n) is 5.03. The molecule has 0 aliphatic carbocycles. The fraction of sp³-hybridized carbons (Fsp3) is 0.217. The van der Waals surface area contributed by atoms with Crippen LogP contribution < -0.4 is 15.4 Å². The SMILES string of the molecule is CCOC(=O)C1=C(CSc2n[nH]c(-c3ccc(OC)cc3)n2)NC(=O)NC1c1ccc(Cl)cc1. The Labute approximate surface area is 205 Å². The van der Waals surface area contributed by atoms with Gasteiger partial charge in [0.2, 0.25) is 5.16 Å². The summed E-state index contributed by atoms with van der Waals surface area (Å²) in [5, 5.41) is 13.7. The number of nitrogens with one attached hydrogen (secondary N) is 3. The van der Waals surface area contributed by atoms with E-state index in [0.717, 1.165) is 11.3 Å². The van der Waals surface area contributed by atoms with Gasteiger partial charge < -0.3 is 20.1 Å². The van der Waals surface area contributed by atoms with E-state index >= 15 is 0 Å². The van der Waals surface area contributed by atoms with Crippen molar-refractivity contribution < 1.29 is 19.1 Å². The molecular formula is C23H22ClN5O4S. The number of benzene rings is 2. The van der Waals surface area contributed by atoms with E-state index in [-0.39, 0.29) is 12.4 Å². The molecule has 9 nitrogen and oxygen atoms in total. The molecule has 4 rings (SSSR count). The van der Waals surface area contributed by atoms with E-state index in [2.05, 4.69) is 25.8 Å². The molecule has 3 aromatic rings. The molecular weight excluding hydrogens is 478 g/mol. The van der Waals surface area contributed by atoms with Crippen LogP contribution in [0.15, 0.2) is 65.0 Å². The number of carbonyl (C=O) groups is 2. The number of nitrogens with zero attached hydrogens (tertiary/aromatic N) is 2. The molecule has 1 aliphatic heterocycles. The molecule has 0 saturated heterocycles. The van der Waals surface area contributed by atoms with Crippen molar-refractivity contribution in [3.8, 4) is 17.1 Å². The first-order chi connectivity index (χ1) is 16.5. The molecule has 0 spiro atoms. The quantitative estimate of drug-likeness (QED) is 0.315. The zero-order chi connectivity index (χ0) is 24.1. The number of thioether (sulfide) groups is 1. The first-order valence-corrected chi connectivity index (χ1v) is 11.8. The average Bonchev–Trinajstić information content (AvgIpc) is 3.32. The van der Waals surface area contributed by atoms with Gasteiger partial charge in [-0.3, -0.25) is 5.10 Å². The van der Waals surface area contributed by atoms with Crippen LogP contribution in [-0.4, -0.2) is 46.7 Å². The van der Waals surface area contributed by atoms with E-state index in [0.29, 0.717) is 32.8 Å². The van der Waals surface area contributed by atoms with Gasteiger partial charge in [-0.2, -0.15) is 0 Å². The molecule has 0 fully saturated rings. The summed E-state index contributed by atoms with van der Waals surface area (Å²) in [6, 6.07) is 13.3. The second-order valence-electron chi connectivity index (χ2n) is 7.18. The summed E-state index contributed by atoms with van der Waals surface area (Å²) in [6.07, 6.45) is 0. The number of hydrogen-bond donors (Lipinski definition) is 3. The number of aromatic nitrogens is 3. The molecule has 2 heterocycles. The summed E-state index contributed by atoms with van der Waals surface area (Å²) in [4.78, 5) is 29.8. The minimum atomic E-state index is -0.678. The molecule has 11 heteroatoms. The van der Waals surface area contributed by atoms with Gasteiger partial charge in [0.1, 0.15) is 5.75 Å². The Hall–Kier alpha value is -3.50. The van der Waals surface area contributed by atoms with E-state index < -0.39 is 18.0 Å². The Kier molecular flexibility index (Phi) is 7.39. The highest BCUT2D eigenvalue weighted by atomic mass is 35.5. The van der Waals surface area contributed by atoms with Crippen LogP contribution in [0.4, 0.5) is 4.79 Å². The number of urea groups is 1. The van der Waals surface area contributed by atoms with Crippen molar-refractivity contribution in [2.75, 3.05) is 19.5 Å². The van der Waals surface area contributed by atoms with Crippen molar-refractivity contribution in [3.63, 3.8) is 0 Å². The first kappa shape index (κ1) is 23.7. The Morgan fingerprint density at radius 3 is 2.56 bits per heavy atom. The van der Waals surface area contributed by atoms with Gasteiger partial charge in [-0.15, -0.1) is 5.10 Å². The lowest BCUT2D eigenvalue weighted by Crippen LogP contribution is -2.46. The van der Waals surface area contributed by atoms with Gasteiger partial charge in [0.15, 0.2) is 5.82 Å².